The lowest BCUT2D eigenvalue weighted by atomic mass is 10.1. The van der Waals surface area contributed by atoms with Gasteiger partial charge in [-0.15, -0.1) is 11.3 Å². The van der Waals surface area contributed by atoms with Gasteiger partial charge in [0, 0.05) is 5.38 Å². The molecule has 1 rings (SSSR count). The molecule has 1 heterocycles. The summed E-state index contributed by atoms with van der Waals surface area (Å²) < 4.78 is 0. The maximum absolute atomic E-state index is 10.5. The van der Waals surface area contributed by atoms with Crippen LogP contribution < -0.4 is 5.73 Å². The number of aliphatic hydroxyl groups is 2. The number of carbonyl (C=O) groups is 2. The monoisotopic (exact) mass is 232 g/mol. The number of primary amides is 1. The number of hydrogen-bond acceptors (Lipinski definition) is 6. The topological polar surface area (TPSA) is 134 Å². The molecular formula is C7H8N2O5S. The molecule has 0 aromatic carbocycles. The molecule has 0 saturated carbocycles. The lowest BCUT2D eigenvalue weighted by Gasteiger charge is -2.11. The second kappa shape index (κ2) is 4.34. The third-order valence-electron chi connectivity index (χ3n) is 1.60. The van der Waals surface area contributed by atoms with Gasteiger partial charge in [0.05, 0.1) is 5.69 Å². The van der Waals surface area contributed by atoms with Gasteiger partial charge in [-0.25, -0.2) is 9.78 Å². The number of amides is 1. The fraction of sp³-hybridized carbons (Fsp3) is 0.286. The third-order valence-corrected chi connectivity index (χ3v) is 2.45. The molecule has 82 valence electrons. The number of carbonyl (C=O) groups excluding carboxylic acids is 1. The van der Waals surface area contributed by atoms with E-state index >= 15 is 0 Å². The van der Waals surface area contributed by atoms with E-state index in [1.54, 1.807) is 0 Å². The van der Waals surface area contributed by atoms with Crippen LogP contribution in [0.4, 0.5) is 0 Å². The number of aromatic carboxylic acids is 1. The minimum atomic E-state index is -1.80. The van der Waals surface area contributed by atoms with Gasteiger partial charge in [0.15, 0.2) is 6.10 Å². The van der Waals surface area contributed by atoms with Gasteiger partial charge >= 0.3 is 5.97 Å². The van der Waals surface area contributed by atoms with Gasteiger partial charge < -0.3 is 21.1 Å². The molecule has 0 aliphatic carbocycles. The highest BCUT2D eigenvalue weighted by Gasteiger charge is 2.26. The van der Waals surface area contributed by atoms with Gasteiger partial charge in [0.2, 0.25) is 10.9 Å². The molecule has 5 N–H and O–H groups in total. The van der Waals surface area contributed by atoms with Crippen LogP contribution in [0.25, 0.3) is 0 Å². The summed E-state index contributed by atoms with van der Waals surface area (Å²) in [5.41, 5.74) is 4.66. The standard InChI is InChI=1S/C7H8N2O5S/c8-5(12)4(11)3(10)2-1-15-6(9-2)7(13)14/h1,3-4,10-11H,(H2,8,12)(H,13,14). The van der Waals surface area contributed by atoms with E-state index in [0.717, 1.165) is 11.3 Å². The van der Waals surface area contributed by atoms with Crippen molar-refractivity contribution in [3.8, 4) is 0 Å². The lowest BCUT2D eigenvalue weighted by molar-refractivity contribution is -0.132. The first-order valence-corrected chi connectivity index (χ1v) is 4.65. The van der Waals surface area contributed by atoms with Crippen molar-refractivity contribution < 1.29 is 24.9 Å². The molecule has 0 bridgehead atoms. The van der Waals surface area contributed by atoms with Gasteiger partial charge in [-0.2, -0.15) is 0 Å². The fourth-order valence-corrected chi connectivity index (χ4v) is 1.52. The van der Waals surface area contributed by atoms with Crippen molar-refractivity contribution >= 4 is 23.2 Å². The van der Waals surface area contributed by atoms with Crippen LogP contribution in [-0.2, 0) is 4.79 Å². The number of rotatable bonds is 4. The molecule has 1 aromatic rings. The Labute approximate surface area is 87.8 Å². The molecule has 0 spiro atoms. The zero-order valence-electron chi connectivity index (χ0n) is 7.32. The maximum Gasteiger partial charge on any atom is 0.365 e. The highest BCUT2D eigenvalue weighted by Crippen LogP contribution is 2.19. The predicted molar refractivity (Wildman–Crippen MR) is 49.2 cm³/mol. The average Bonchev–Trinajstić information content (AvgIpc) is 2.64. The first-order chi connectivity index (χ1) is 6.93. The Morgan fingerprint density at radius 2 is 2.07 bits per heavy atom. The molecule has 8 heteroatoms. The SMILES string of the molecule is NC(=O)C(O)C(O)c1csc(C(=O)O)n1. The van der Waals surface area contributed by atoms with Crippen molar-refractivity contribution in [1.29, 1.82) is 0 Å². The number of nitrogens with zero attached hydrogens (tertiary/aromatic N) is 1. The van der Waals surface area contributed by atoms with Gasteiger partial charge in [-0.1, -0.05) is 0 Å². The Hall–Kier alpha value is -1.51. The zero-order chi connectivity index (χ0) is 11.6. The van der Waals surface area contributed by atoms with E-state index in [-0.39, 0.29) is 10.7 Å². The van der Waals surface area contributed by atoms with Crippen molar-refractivity contribution in [3.63, 3.8) is 0 Å². The summed E-state index contributed by atoms with van der Waals surface area (Å²) in [6.07, 6.45) is -3.40. The summed E-state index contributed by atoms with van der Waals surface area (Å²) in [5, 5.41) is 28.0. The van der Waals surface area contributed by atoms with E-state index in [1.165, 1.54) is 5.38 Å². The Kier molecular flexibility index (Phi) is 3.35. The zero-order valence-corrected chi connectivity index (χ0v) is 8.14. The molecule has 0 aliphatic rings. The summed E-state index contributed by atoms with van der Waals surface area (Å²) in [5.74, 6) is -2.35. The summed E-state index contributed by atoms with van der Waals surface area (Å²) in [7, 11) is 0. The van der Waals surface area contributed by atoms with Crippen LogP contribution >= 0.6 is 11.3 Å². The van der Waals surface area contributed by atoms with Crippen molar-refractivity contribution in [2.24, 2.45) is 5.73 Å². The van der Waals surface area contributed by atoms with E-state index in [4.69, 9.17) is 15.9 Å². The maximum atomic E-state index is 10.5. The van der Waals surface area contributed by atoms with E-state index in [1.807, 2.05) is 0 Å². The predicted octanol–water partition coefficient (Wildman–Crippen LogP) is -1.28. The largest absolute Gasteiger partial charge is 0.476 e. The highest BCUT2D eigenvalue weighted by atomic mass is 32.1. The number of aliphatic hydroxyl groups excluding tert-OH is 2. The van der Waals surface area contributed by atoms with Crippen molar-refractivity contribution in [2.75, 3.05) is 0 Å². The Bertz CT molecular complexity index is 390. The minimum absolute atomic E-state index is 0.0938. The van der Waals surface area contributed by atoms with Crippen LogP contribution in [0.15, 0.2) is 5.38 Å². The molecule has 0 aliphatic heterocycles. The smallest absolute Gasteiger partial charge is 0.365 e. The van der Waals surface area contributed by atoms with Crippen molar-refractivity contribution in [2.45, 2.75) is 12.2 Å². The Morgan fingerprint density at radius 3 is 2.47 bits per heavy atom. The second-order valence-electron chi connectivity index (χ2n) is 2.67. The van der Waals surface area contributed by atoms with Crippen LogP contribution in [0, 0.1) is 0 Å². The molecule has 1 aromatic heterocycles. The van der Waals surface area contributed by atoms with Gasteiger partial charge in [-0.3, -0.25) is 4.79 Å². The van der Waals surface area contributed by atoms with Crippen LogP contribution in [0.2, 0.25) is 0 Å². The van der Waals surface area contributed by atoms with E-state index in [2.05, 4.69) is 4.98 Å². The molecule has 0 saturated heterocycles. The van der Waals surface area contributed by atoms with Crippen LogP contribution in [0.1, 0.15) is 21.6 Å². The quantitative estimate of drug-likeness (QED) is 0.511. The fourth-order valence-electron chi connectivity index (χ4n) is 0.838. The summed E-state index contributed by atoms with van der Waals surface area (Å²) in [6, 6.07) is 0. The summed E-state index contributed by atoms with van der Waals surface area (Å²) in [6.45, 7) is 0. The third kappa shape index (κ3) is 2.49. The highest BCUT2D eigenvalue weighted by molar-refractivity contribution is 7.11. The van der Waals surface area contributed by atoms with E-state index in [9.17, 15) is 14.7 Å². The number of carboxylic acid groups (broad SMARTS) is 1. The first kappa shape index (κ1) is 11.6. The van der Waals surface area contributed by atoms with Gasteiger partial charge in [0.1, 0.15) is 6.10 Å². The normalized spacial score (nSPS) is 14.5. The number of carboxylic acids is 1. The molecule has 2 atom stereocenters. The molecule has 15 heavy (non-hydrogen) atoms. The average molecular weight is 232 g/mol. The molecule has 0 fully saturated rings. The lowest BCUT2D eigenvalue weighted by Crippen LogP contribution is -2.34. The van der Waals surface area contributed by atoms with E-state index < -0.39 is 24.1 Å². The van der Waals surface area contributed by atoms with Crippen LogP contribution in [-0.4, -0.2) is 38.3 Å². The molecule has 1 amide bonds. The molecule has 7 nitrogen and oxygen atoms in total. The summed E-state index contributed by atoms with van der Waals surface area (Å²) in [4.78, 5) is 24.5. The Balaban J connectivity index is 2.87. The second-order valence-corrected chi connectivity index (χ2v) is 3.53. The van der Waals surface area contributed by atoms with Crippen LogP contribution in [0.5, 0.6) is 0 Å². The first-order valence-electron chi connectivity index (χ1n) is 3.77. The van der Waals surface area contributed by atoms with Gasteiger partial charge in [-0.05, 0) is 0 Å². The van der Waals surface area contributed by atoms with E-state index in [0.29, 0.717) is 0 Å². The molecule has 2 unspecified atom stereocenters. The number of aromatic nitrogens is 1. The number of nitrogens with two attached hydrogens (primary N) is 1. The van der Waals surface area contributed by atoms with Gasteiger partial charge in [0.25, 0.3) is 0 Å². The Morgan fingerprint density at radius 1 is 1.47 bits per heavy atom. The minimum Gasteiger partial charge on any atom is -0.476 e. The molecule has 0 radical (unpaired) electrons. The van der Waals surface area contributed by atoms with Crippen molar-refractivity contribution in [3.05, 3.63) is 16.1 Å². The van der Waals surface area contributed by atoms with Crippen LogP contribution in [0.3, 0.4) is 0 Å². The number of hydrogen-bond donors (Lipinski definition) is 4. The number of thiazole rings is 1. The summed E-state index contributed by atoms with van der Waals surface area (Å²) >= 11 is 0.781. The molecular weight excluding hydrogens is 224 g/mol. The van der Waals surface area contributed by atoms with Crippen molar-refractivity contribution in [1.82, 2.24) is 4.98 Å².